The van der Waals surface area contributed by atoms with Gasteiger partial charge in [0.05, 0.1) is 6.04 Å². The van der Waals surface area contributed by atoms with Crippen molar-refractivity contribution in [3.05, 3.63) is 35.9 Å². The van der Waals surface area contributed by atoms with Crippen LogP contribution >= 0.6 is 11.8 Å². The molecule has 1 aromatic rings. The van der Waals surface area contributed by atoms with Gasteiger partial charge >= 0.3 is 5.97 Å². The van der Waals surface area contributed by atoms with Crippen molar-refractivity contribution in [2.24, 2.45) is 11.7 Å². The number of amides is 3. The third-order valence-corrected chi connectivity index (χ3v) is 6.63. The molecule has 1 aliphatic rings. The molecule has 0 spiro atoms. The van der Waals surface area contributed by atoms with Crippen molar-refractivity contribution in [2.45, 2.75) is 63.7 Å². The molecular formula is C24H36N4O5S. The summed E-state index contributed by atoms with van der Waals surface area (Å²) in [6, 6.07) is 5.63. The second-order valence-corrected chi connectivity index (χ2v) is 9.88. The maximum absolute atomic E-state index is 13.4. The molecule has 1 saturated heterocycles. The van der Waals surface area contributed by atoms with Crippen molar-refractivity contribution in [2.75, 3.05) is 18.6 Å². The van der Waals surface area contributed by atoms with Crippen molar-refractivity contribution in [1.29, 1.82) is 0 Å². The summed E-state index contributed by atoms with van der Waals surface area (Å²) in [4.78, 5) is 52.2. The summed E-state index contributed by atoms with van der Waals surface area (Å²) in [5.41, 5.74) is 6.74. The highest BCUT2D eigenvalue weighted by Crippen LogP contribution is 2.20. The van der Waals surface area contributed by atoms with Crippen molar-refractivity contribution in [3.8, 4) is 0 Å². The van der Waals surface area contributed by atoms with E-state index < -0.39 is 42.0 Å². The molecule has 1 aliphatic heterocycles. The van der Waals surface area contributed by atoms with Crippen molar-refractivity contribution < 1.29 is 24.3 Å². The number of rotatable bonds is 12. The molecule has 188 valence electrons. The molecule has 34 heavy (non-hydrogen) atoms. The number of benzene rings is 1. The molecule has 4 unspecified atom stereocenters. The highest BCUT2D eigenvalue weighted by atomic mass is 32.2. The van der Waals surface area contributed by atoms with Gasteiger partial charge in [0.1, 0.15) is 18.1 Å². The van der Waals surface area contributed by atoms with E-state index >= 15 is 0 Å². The van der Waals surface area contributed by atoms with E-state index in [9.17, 15) is 24.3 Å². The number of carboxylic acids is 1. The Kier molecular flexibility index (Phi) is 10.8. The van der Waals surface area contributed by atoms with Gasteiger partial charge in [-0.3, -0.25) is 14.4 Å². The lowest BCUT2D eigenvalue weighted by Crippen LogP contribution is -2.57. The van der Waals surface area contributed by atoms with E-state index in [2.05, 4.69) is 10.6 Å². The van der Waals surface area contributed by atoms with Crippen LogP contribution in [0.5, 0.6) is 0 Å². The van der Waals surface area contributed by atoms with E-state index in [-0.39, 0.29) is 18.2 Å². The Morgan fingerprint density at radius 3 is 2.41 bits per heavy atom. The second kappa shape index (κ2) is 13.3. The monoisotopic (exact) mass is 492 g/mol. The average Bonchev–Trinajstić information content (AvgIpc) is 3.30. The van der Waals surface area contributed by atoms with E-state index in [4.69, 9.17) is 5.73 Å². The minimum atomic E-state index is -1.14. The second-order valence-electron chi connectivity index (χ2n) is 8.89. The summed E-state index contributed by atoms with van der Waals surface area (Å²) in [6.07, 6.45) is 3.52. The highest BCUT2D eigenvalue weighted by molar-refractivity contribution is 7.98. The first-order chi connectivity index (χ1) is 16.1. The lowest BCUT2D eigenvalue weighted by molar-refractivity contribution is -0.145. The van der Waals surface area contributed by atoms with Gasteiger partial charge in [-0.1, -0.05) is 44.2 Å². The predicted octanol–water partition coefficient (Wildman–Crippen LogP) is 1.01. The average molecular weight is 493 g/mol. The Labute approximate surface area is 205 Å². The minimum absolute atomic E-state index is 0.0841. The van der Waals surface area contributed by atoms with Crippen molar-refractivity contribution >= 4 is 35.5 Å². The number of carbonyl (C=O) groups is 4. The maximum atomic E-state index is 13.4. The number of likely N-dealkylation sites (tertiary alicyclic amines) is 1. The van der Waals surface area contributed by atoms with E-state index in [1.54, 1.807) is 23.9 Å². The first-order valence-corrected chi connectivity index (χ1v) is 13.0. The number of nitrogens with zero attached hydrogens (tertiary/aromatic N) is 1. The third kappa shape index (κ3) is 7.73. The fourth-order valence-electron chi connectivity index (χ4n) is 3.88. The molecule has 3 amide bonds. The number of carboxylic acid groups (broad SMARTS) is 1. The van der Waals surface area contributed by atoms with Gasteiger partial charge in [-0.2, -0.15) is 11.8 Å². The van der Waals surface area contributed by atoms with Gasteiger partial charge in [0.2, 0.25) is 17.7 Å². The fraction of sp³-hybridized carbons (Fsp3) is 0.583. The Morgan fingerprint density at radius 2 is 1.82 bits per heavy atom. The van der Waals surface area contributed by atoms with Crippen LogP contribution in [0.3, 0.4) is 0 Å². The lowest BCUT2D eigenvalue weighted by atomic mass is 10.0. The van der Waals surface area contributed by atoms with Gasteiger partial charge in [-0.05, 0) is 42.8 Å². The van der Waals surface area contributed by atoms with Crippen LogP contribution in [-0.2, 0) is 25.6 Å². The summed E-state index contributed by atoms with van der Waals surface area (Å²) in [6.45, 7) is 4.03. The summed E-state index contributed by atoms with van der Waals surface area (Å²) >= 11 is 1.55. The third-order valence-electron chi connectivity index (χ3n) is 5.98. The lowest BCUT2D eigenvalue weighted by Gasteiger charge is -2.30. The van der Waals surface area contributed by atoms with E-state index in [0.29, 0.717) is 31.6 Å². The van der Waals surface area contributed by atoms with Crippen LogP contribution in [0.25, 0.3) is 0 Å². The quantitative estimate of drug-likeness (QED) is 0.341. The molecule has 4 atom stereocenters. The van der Waals surface area contributed by atoms with Crippen LogP contribution in [0, 0.1) is 5.92 Å². The Hall–Kier alpha value is -2.59. The molecule has 0 aromatic heterocycles. The number of carbonyl (C=O) groups excluding carboxylic acids is 3. The summed E-state index contributed by atoms with van der Waals surface area (Å²) in [5, 5.41) is 15.0. The molecule has 0 bridgehead atoms. The standard InChI is InChI=1S/C24H36N4O5S/c1-15(2)20(25)22(30)26-17(11-13-34-3)23(31)28-12-7-10-19(28)21(29)27-18(24(32)33)14-16-8-5-4-6-9-16/h4-6,8-9,15,17-20H,7,10-14,25H2,1-3H3,(H,26,30)(H,27,29)(H,32,33). The van der Waals surface area contributed by atoms with Crippen LogP contribution in [-0.4, -0.2) is 76.4 Å². The van der Waals surface area contributed by atoms with Crippen molar-refractivity contribution in [3.63, 3.8) is 0 Å². The van der Waals surface area contributed by atoms with Gasteiger partial charge in [0.15, 0.2) is 0 Å². The molecule has 9 nitrogen and oxygen atoms in total. The molecule has 0 saturated carbocycles. The van der Waals surface area contributed by atoms with E-state index in [0.717, 1.165) is 5.56 Å². The molecule has 5 N–H and O–H groups in total. The Morgan fingerprint density at radius 1 is 1.15 bits per heavy atom. The molecule has 1 fully saturated rings. The normalized spacial score (nSPS) is 18.3. The molecule has 0 aliphatic carbocycles. The van der Waals surface area contributed by atoms with E-state index in [1.165, 1.54) is 4.90 Å². The smallest absolute Gasteiger partial charge is 0.326 e. The molecule has 2 rings (SSSR count). The van der Waals surface area contributed by atoms with Crippen LogP contribution in [0.1, 0.15) is 38.7 Å². The molecule has 0 radical (unpaired) electrons. The minimum Gasteiger partial charge on any atom is -0.480 e. The molecule has 1 heterocycles. The number of hydrogen-bond donors (Lipinski definition) is 4. The Balaban J connectivity index is 2.11. The summed E-state index contributed by atoms with van der Waals surface area (Å²) in [7, 11) is 0. The van der Waals surface area contributed by atoms with Gasteiger partial charge in [-0.15, -0.1) is 0 Å². The summed E-state index contributed by atoms with van der Waals surface area (Å²) in [5.74, 6) is -1.81. The number of nitrogens with two attached hydrogens (primary N) is 1. The fourth-order valence-corrected chi connectivity index (χ4v) is 4.36. The predicted molar refractivity (Wildman–Crippen MR) is 132 cm³/mol. The van der Waals surface area contributed by atoms with Crippen LogP contribution in [0.15, 0.2) is 30.3 Å². The van der Waals surface area contributed by atoms with Crippen molar-refractivity contribution in [1.82, 2.24) is 15.5 Å². The van der Waals surface area contributed by atoms with Crippen LogP contribution in [0.4, 0.5) is 0 Å². The van der Waals surface area contributed by atoms with Gasteiger partial charge in [0, 0.05) is 13.0 Å². The summed E-state index contributed by atoms with van der Waals surface area (Å²) < 4.78 is 0. The van der Waals surface area contributed by atoms with Gasteiger partial charge < -0.3 is 26.4 Å². The molecule has 1 aromatic carbocycles. The topological polar surface area (TPSA) is 142 Å². The van der Waals surface area contributed by atoms with Gasteiger partial charge in [-0.25, -0.2) is 4.79 Å². The number of aliphatic carboxylic acids is 1. The van der Waals surface area contributed by atoms with Crippen LogP contribution < -0.4 is 16.4 Å². The molecule has 10 heteroatoms. The zero-order valence-corrected chi connectivity index (χ0v) is 20.8. The number of hydrogen-bond acceptors (Lipinski definition) is 6. The van der Waals surface area contributed by atoms with Crippen LogP contribution in [0.2, 0.25) is 0 Å². The highest BCUT2D eigenvalue weighted by Gasteiger charge is 2.39. The first-order valence-electron chi connectivity index (χ1n) is 11.6. The molecular weight excluding hydrogens is 456 g/mol. The zero-order valence-electron chi connectivity index (χ0n) is 20.0. The number of nitrogens with one attached hydrogen (secondary N) is 2. The first kappa shape index (κ1) is 27.7. The van der Waals surface area contributed by atoms with E-state index in [1.807, 2.05) is 38.3 Å². The number of thioether (sulfide) groups is 1. The SMILES string of the molecule is CSCCC(NC(=O)C(N)C(C)C)C(=O)N1CCCC1C(=O)NC(Cc1ccccc1)C(=O)O. The zero-order chi connectivity index (χ0) is 25.3. The Bertz CT molecular complexity index is 851. The maximum Gasteiger partial charge on any atom is 0.326 e. The van der Waals surface area contributed by atoms with Gasteiger partial charge in [0.25, 0.3) is 0 Å². The largest absolute Gasteiger partial charge is 0.480 e.